The molecular weight excluding hydrogens is 320 g/mol. The first-order valence-corrected chi connectivity index (χ1v) is 8.99. The Morgan fingerprint density at radius 3 is 2.48 bits per heavy atom. The third-order valence-electron chi connectivity index (χ3n) is 4.34. The summed E-state index contributed by atoms with van der Waals surface area (Å²) in [5.74, 6) is -0.368. The molecule has 0 aromatic heterocycles. The molecule has 25 heavy (non-hydrogen) atoms. The molecule has 0 unspecified atom stereocenters. The summed E-state index contributed by atoms with van der Waals surface area (Å²) in [7, 11) is 1.35. The maximum atomic E-state index is 11.8. The van der Waals surface area contributed by atoms with Gasteiger partial charge in [-0.2, -0.15) is 0 Å². The molecule has 0 radical (unpaired) electrons. The Morgan fingerprint density at radius 2 is 1.80 bits per heavy atom. The van der Waals surface area contributed by atoms with Gasteiger partial charge in [-0.15, -0.1) is 0 Å². The van der Waals surface area contributed by atoms with Crippen molar-refractivity contribution in [3.05, 3.63) is 35.4 Å². The monoisotopic (exact) mass is 348 g/mol. The number of benzene rings is 1. The molecule has 138 valence electrons. The standard InChI is InChI=1S/C19H28N2O4/c1-24-18(22)16-10-8-15(9-11-16)14-21-19(23)20-12-5-13-25-17-6-3-2-4-7-17/h8-11,17H,2-7,12-14H2,1H3,(H2,20,21,23). The predicted molar refractivity (Wildman–Crippen MR) is 95.5 cm³/mol. The molecule has 1 aromatic rings. The lowest BCUT2D eigenvalue weighted by molar-refractivity contribution is 0.0275. The highest BCUT2D eigenvalue weighted by atomic mass is 16.5. The summed E-state index contributed by atoms with van der Waals surface area (Å²) >= 11 is 0. The van der Waals surface area contributed by atoms with E-state index >= 15 is 0 Å². The zero-order chi connectivity index (χ0) is 17.9. The van der Waals surface area contributed by atoms with Gasteiger partial charge in [-0.25, -0.2) is 9.59 Å². The van der Waals surface area contributed by atoms with Crippen molar-refractivity contribution in [3.8, 4) is 0 Å². The minimum absolute atomic E-state index is 0.199. The number of hydrogen-bond donors (Lipinski definition) is 2. The third-order valence-corrected chi connectivity index (χ3v) is 4.34. The zero-order valence-electron chi connectivity index (χ0n) is 14.9. The summed E-state index contributed by atoms with van der Waals surface area (Å²) in [6.45, 7) is 1.70. The Hall–Kier alpha value is -2.08. The summed E-state index contributed by atoms with van der Waals surface area (Å²) < 4.78 is 10.5. The first kappa shape index (κ1) is 19.2. The zero-order valence-corrected chi connectivity index (χ0v) is 14.9. The second-order valence-electron chi connectivity index (χ2n) is 6.28. The first-order valence-electron chi connectivity index (χ1n) is 8.99. The van der Waals surface area contributed by atoms with E-state index in [1.165, 1.54) is 39.2 Å². The van der Waals surface area contributed by atoms with Gasteiger partial charge in [0.05, 0.1) is 18.8 Å². The van der Waals surface area contributed by atoms with Crippen molar-refractivity contribution in [2.45, 2.75) is 51.2 Å². The number of urea groups is 1. The molecule has 0 saturated heterocycles. The Bertz CT molecular complexity index is 539. The van der Waals surface area contributed by atoms with E-state index in [-0.39, 0.29) is 12.0 Å². The number of amides is 2. The summed E-state index contributed by atoms with van der Waals surface area (Å²) in [5, 5.41) is 5.62. The van der Waals surface area contributed by atoms with Gasteiger partial charge in [0.15, 0.2) is 0 Å². The lowest BCUT2D eigenvalue weighted by Crippen LogP contribution is -2.36. The van der Waals surface area contributed by atoms with Crippen LogP contribution in [0, 0.1) is 0 Å². The van der Waals surface area contributed by atoms with Crippen LogP contribution in [0.1, 0.15) is 54.4 Å². The summed E-state index contributed by atoms with van der Waals surface area (Å²) in [6.07, 6.45) is 7.43. The molecule has 2 amide bonds. The number of hydrogen-bond acceptors (Lipinski definition) is 4. The van der Waals surface area contributed by atoms with Crippen LogP contribution in [-0.4, -0.2) is 38.4 Å². The van der Waals surface area contributed by atoms with Gasteiger partial charge in [-0.1, -0.05) is 31.4 Å². The highest BCUT2D eigenvalue weighted by molar-refractivity contribution is 5.89. The van der Waals surface area contributed by atoms with Gasteiger partial charge in [0, 0.05) is 19.7 Å². The fraction of sp³-hybridized carbons (Fsp3) is 0.579. The number of nitrogens with one attached hydrogen (secondary N) is 2. The molecule has 2 N–H and O–H groups in total. The second kappa shape index (κ2) is 10.7. The van der Waals surface area contributed by atoms with Crippen LogP contribution < -0.4 is 10.6 Å². The van der Waals surface area contributed by atoms with Crippen LogP contribution in [0.3, 0.4) is 0 Å². The van der Waals surface area contributed by atoms with Crippen molar-refractivity contribution < 1.29 is 19.1 Å². The van der Waals surface area contributed by atoms with Crippen molar-refractivity contribution in [3.63, 3.8) is 0 Å². The van der Waals surface area contributed by atoms with E-state index < -0.39 is 0 Å². The van der Waals surface area contributed by atoms with Crippen LogP contribution in [0.2, 0.25) is 0 Å². The lowest BCUT2D eigenvalue weighted by Gasteiger charge is -2.21. The van der Waals surface area contributed by atoms with Gasteiger partial charge in [-0.05, 0) is 37.0 Å². The van der Waals surface area contributed by atoms with E-state index in [4.69, 9.17) is 4.74 Å². The third kappa shape index (κ3) is 7.13. The number of rotatable bonds is 8. The molecule has 0 bridgehead atoms. The van der Waals surface area contributed by atoms with Gasteiger partial charge in [0.2, 0.25) is 0 Å². The minimum Gasteiger partial charge on any atom is -0.465 e. The Morgan fingerprint density at radius 1 is 1.08 bits per heavy atom. The number of ether oxygens (including phenoxy) is 2. The smallest absolute Gasteiger partial charge is 0.337 e. The molecular formula is C19H28N2O4. The van der Waals surface area contributed by atoms with E-state index in [0.717, 1.165) is 12.0 Å². The number of carbonyl (C=O) groups is 2. The molecule has 2 rings (SSSR count). The summed E-state index contributed by atoms with van der Waals surface area (Å²) in [5.41, 5.74) is 1.41. The number of esters is 1. The quantitative estimate of drug-likeness (QED) is 0.559. The second-order valence-corrected chi connectivity index (χ2v) is 6.28. The SMILES string of the molecule is COC(=O)c1ccc(CNC(=O)NCCCOC2CCCCC2)cc1. The summed E-state index contributed by atoms with van der Waals surface area (Å²) in [6, 6.07) is 6.76. The molecule has 0 heterocycles. The van der Waals surface area contributed by atoms with E-state index in [0.29, 0.717) is 31.4 Å². The Kier molecular flexibility index (Phi) is 8.25. The fourth-order valence-corrected chi connectivity index (χ4v) is 2.88. The van der Waals surface area contributed by atoms with E-state index in [1.807, 2.05) is 0 Å². The van der Waals surface area contributed by atoms with Crippen molar-refractivity contribution in [1.82, 2.24) is 10.6 Å². The molecule has 1 aromatic carbocycles. The summed E-state index contributed by atoms with van der Waals surface area (Å²) in [4.78, 5) is 23.1. The normalized spacial score (nSPS) is 14.8. The van der Waals surface area contributed by atoms with Crippen molar-refractivity contribution in [2.75, 3.05) is 20.3 Å². The molecule has 1 saturated carbocycles. The van der Waals surface area contributed by atoms with Crippen LogP contribution in [0.25, 0.3) is 0 Å². The van der Waals surface area contributed by atoms with Crippen LogP contribution in [0.15, 0.2) is 24.3 Å². The van der Waals surface area contributed by atoms with Crippen molar-refractivity contribution in [2.24, 2.45) is 0 Å². The van der Waals surface area contributed by atoms with Crippen LogP contribution in [0.4, 0.5) is 4.79 Å². The van der Waals surface area contributed by atoms with Crippen molar-refractivity contribution in [1.29, 1.82) is 0 Å². The molecule has 1 aliphatic rings. The Labute approximate surface area is 149 Å². The minimum atomic E-state index is -0.368. The maximum absolute atomic E-state index is 11.8. The average molecular weight is 348 g/mol. The van der Waals surface area contributed by atoms with Gasteiger partial charge in [0.25, 0.3) is 0 Å². The largest absolute Gasteiger partial charge is 0.465 e. The van der Waals surface area contributed by atoms with Crippen LogP contribution in [0.5, 0.6) is 0 Å². The Balaban J connectivity index is 1.55. The predicted octanol–water partition coefficient (Wildman–Crippen LogP) is 3.01. The molecule has 1 fully saturated rings. The molecule has 0 atom stereocenters. The van der Waals surface area contributed by atoms with E-state index in [9.17, 15) is 9.59 Å². The average Bonchev–Trinajstić information content (AvgIpc) is 2.66. The van der Waals surface area contributed by atoms with Crippen molar-refractivity contribution >= 4 is 12.0 Å². The molecule has 1 aliphatic carbocycles. The highest BCUT2D eigenvalue weighted by Crippen LogP contribution is 2.20. The van der Waals surface area contributed by atoms with Gasteiger partial charge in [-0.3, -0.25) is 0 Å². The van der Waals surface area contributed by atoms with Gasteiger partial charge < -0.3 is 20.1 Å². The van der Waals surface area contributed by atoms with Crippen LogP contribution in [-0.2, 0) is 16.0 Å². The highest BCUT2D eigenvalue weighted by Gasteiger charge is 2.13. The topological polar surface area (TPSA) is 76.7 Å². The number of carbonyl (C=O) groups excluding carboxylic acids is 2. The maximum Gasteiger partial charge on any atom is 0.337 e. The van der Waals surface area contributed by atoms with Gasteiger partial charge in [0.1, 0.15) is 0 Å². The molecule has 0 aliphatic heterocycles. The first-order chi connectivity index (χ1) is 12.2. The lowest BCUT2D eigenvalue weighted by atomic mass is 9.98. The van der Waals surface area contributed by atoms with E-state index in [1.54, 1.807) is 24.3 Å². The van der Waals surface area contributed by atoms with E-state index in [2.05, 4.69) is 15.4 Å². The fourth-order valence-electron chi connectivity index (χ4n) is 2.88. The number of methoxy groups -OCH3 is 1. The van der Waals surface area contributed by atoms with Gasteiger partial charge >= 0.3 is 12.0 Å². The molecule has 6 heteroatoms. The van der Waals surface area contributed by atoms with Crippen LogP contribution >= 0.6 is 0 Å². The molecule has 0 spiro atoms. The molecule has 6 nitrogen and oxygen atoms in total.